The van der Waals surface area contributed by atoms with Crippen LogP contribution in [0.2, 0.25) is 10.0 Å². The number of hydrogen-bond acceptors (Lipinski definition) is 4. The van der Waals surface area contributed by atoms with Crippen molar-refractivity contribution in [2.75, 3.05) is 5.32 Å². The summed E-state index contributed by atoms with van der Waals surface area (Å²) in [5.74, 6) is 0.483. The molecule has 0 bridgehead atoms. The molecule has 0 aliphatic rings. The molecule has 3 rings (SSSR count). The van der Waals surface area contributed by atoms with Crippen molar-refractivity contribution in [3.63, 3.8) is 0 Å². The van der Waals surface area contributed by atoms with E-state index in [1.165, 1.54) is 17.3 Å². The number of halogens is 2. The SMILES string of the molecule is Cc1ccc(-c2nc(S[C@H](C)C(=O)Nc3cc(Cl)cc(Cl)c3)n[nH]2)cc1. The Balaban J connectivity index is 1.65. The summed E-state index contributed by atoms with van der Waals surface area (Å²) >= 11 is 13.2. The van der Waals surface area contributed by atoms with E-state index in [1.807, 2.05) is 31.2 Å². The molecule has 1 heterocycles. The second-order valence-electron chi connectivity index (χ2n) is 5.74. The van der Waals surface area contributed by atoms with Gasteiger partial charge in [-0.2, -0.15) is 0 Å². The molecule has 2 aromatic carbocycles. The average molecular weight is 407 g/mol. The van der Waals surface area contributed by atoms with E-state index in [1.54, 1.807) is 25.1 Å². The van der Waals surface area contributed by atoms with Crippen LogP contribution in [-0.2, 0) is 4.79 Å². The van der Waals surface area contributed by atoms with Crippen molar-refractivity contribution in [1.29, 1.82) is 0 Å². The summed E-state index contributed by atoms with van der Waals surface area (Å²) in [5, 5.41) is 10.9. The highest BCUT2D eigenvalue weighted by molar-refractivity contribution is 8.00. The molecule has 0 unspecified atom stereocenters. The fraction of sp³-hybridized carbons (Fsp3) is 0.167. The van der Waals surface area contributed by atoms with E-state index in [0.717, 1.165) is 5.56 Å². The summed E-state index contributed by atoms with van der Waals surface area (Å²) < 4.78 is 0. The summed E-state index contributed by atoms with van der Waals surface area (Å²) in [6.45, 7) is 3.81. The maximum Gasteiger partial charge on any atom is 0.237 e. The number of carbonyl (C=O) groups is 1. The predicted octanol–water partition coefficient (Wildman–Crippen LogP) is 5.21. The Morgan fingerprint density at radius 1 is 1.15 bits per heavy atom. The number of carbonyl (C=O) groups excluding carboxylic acids is 1. The summed E-state index contributed by atoms with van der Waals surface area (Å²) in [6, 6.07) is 12.9. The summed E-state index contributed by atoms with van der Waals surface area (Å²) in [5.41, 5.74) is 2.67. The maximum absolute atomic E-state index is 12.4. The normalized spacial score (nSPS) is 12.0. The number of aromatic amines is 1. The first kappa shape index (κ1) is 18.8. The summed E-state index contributed by atoms with van der Waals surface area (Å²) in [6.07, 6.45) is 0. The Hall–Kier alpha value is -2.02. The van der Waals surface area contributed by atoms with E-state index in [2.05, 4.69) is 20.5 Å². The van der Waals surface area contributed by atoms with Crippen LogP contribution in [0.15, 0.2) is 47.6 Å². The fourth-order valence-electron chi connectivity index (χ4n) is 2.22. The Morgan fingerprint density at radius 3 is 2.46 bits per heavy atom. The van der Waals surface area contributed by atoms with Gasteiger partial charge in [0.15, 0.2) is 5.82 Å². The van der Waals surface area contributed by atoms with Crippen molar-refractivity contribution in [3.8, 4) is 11.4 Å². The molecule has 0 fully saturated rings. The van der Waals surface area contributed by atoms with Gasteiger partial charge in [0, 0.05) is 21.3 Å². The molecule has 5 nitrogen and oxygen atoms in total. The van der Waals surface area contributed by atoms with Crippen LogP contribution in [0.5, 0.6) is 0 Å². The third-order valence-electron chi connectivity index (χ3n) is 3.57. The van der Waals surface area contributed by atoms with Crippen LogP contribution in [0, 0.1) is 6.92 Å². The third-order valence-corrected chi connectivity index (χ3v) is 4.97. The van der Waals surface area contributed by atoms with Gasteiger partial charge in [-0.3, -0.25) is 9.89 Å². The van der Waals surface area contributed by atoms with Crippen LogP contribution in [0.3, 0.4) is 0 Å². The smallest absolute Gasteiger partial charge is 0.237 e. The number of nitrogens with zero attached hydrogens (tertiary/aromatic N) is 2. The van der Waals surface area contributed by atoms with Crippen molar-refractivity contribution in [2.24, 2.45) is 0 Å². The number of hydrogen-bond donors (Lipinski definition) is 2. The van der Waals surface area contributed by atoms with Gasteiger partial charge in [-0.15, -0.1) is 5.10 Å². The molecule has 3 aromatic rings. The molecule has 1 aromatic heterocycles. The van der Waals surface area contributed by atoms with Crippen LogP contribution in [0.25, 0.3) is 11.4 Å². The Labute approximate surface area is 165 Å². The predicted molar refractivity (Wildman–Crippen MR) is 107 cm³/mol. The van der Waals surface area contributed by atoms with E-state index in [-0.39, 0.29) is 5.91 Å². The monoisotopic (exact) mass is 406 g/mol. The number of H-pyrrole nitrogens is 1. The van der Waals surface area contributed by atoms with E-state index in [0.29, 0.717) is 26.7 Å². The summed E-state index contributed by atoms with van der Waals surface area (Å²) in [7, 11) is 0. The molecular weight excluding hydrogens is 391 g/mol. The molecular formula is C18H16Cl2N4OS. The quantitative estimate of drug-likeness (QED) is 0.570. The number of benzene rings is 2. The van der Waals surface area contributed by atoms with Gasteiger partial charge in [-0.1, -0.05) is 64.8 Å². The van der Waals surface area contributed by atoms with Gasteiger partial charge in [0.2, 0.25) is 11.1 Å². The minimum atomic E-state index is -0.394. The molecule has 0 radical (unpaired) electrons. The lowest BCUT2D eigenvalue weighted by atomic mass is 10.1. The van der Waals surface area contributed by atoms with Gasteiger partial charge in [-0.25, -0.2) is 4.98 Å². The Bertz CT molecular complexity index is 907. The zero-order valence-corrected chi connectivity index (χ0v) is 16.4. The first-order valence-corrected chi connectivity index (χ1v) is 9.47. The number of aryl methyl sites for hydroxylation is 1. The first-order chi connectivity index (χ1) is 12.4. The lowest BCUT2D eigenvalue weighted by molar-refractivity contribution is -0.115. The van der Waals surface area contributed by atoms with Crippen molar-refractivity contribution in [3.05, 3.63) is 58.1 Å². The van der Waals surface area contributed by atoms with Gasteiger partial charge < -0.3 is 5.32 Å². The lowest BCUT2D eigenvalue weighted by Crippen LogP contribution is -2.22. The van der Waals surface area contributed by atoms with Crippen molar-refractivity contribution in [2.45, 2.75) is 24.3 Å². The second-order valence-corrected chi connectivity index (χ2v) is 7.92. The minimum Gasteiger partial charge on any atom is -0.325 e. The molecule has 0 spiro atoms. The van der Waals surface area contributed by atoms with Crippen molar-refractivity contribution in [1.82, 2.24) is 15.2 Å². The maximum atomic E-state index is 12.4. The average Bonchev–Trinajstić information content (AvgIpc) is 3.03. The first-order valence-electron chi connectivity index (χ1n) is 7.84. The van der Waals surface area contributed by atoms with Crippen LogP contribution >= 0.6 is 35.0 Å². The van der Waals surface area contributed by atoms with Crippen LogP contribution in [0.1, 0.15) is 12.5 Å². The fourth-order valence-corrected chi connectivity index (χ4v) is 3.47. The number of thioether (sulfide) groups is 1. The number of nitrogens with one attached hydrogen (secondary N) is 2. The Kier molecular flexibility index (Phi) is 5.86. The van der Waals surface area contributed by atoms with E-state index in [4.69, 9.17) is 23.2 Å². The molecule has 0 aliphatic carbocycles. The van der Waals surface area contributed by atoms with Crippen LogP contribution in [-0.4, -0.2) is 26.3 Å². The minimum absolute atomic E-state index is 0.185. The highest BCUT2D eigenvalue weighted by Gasteiger charge is 2.18. The van der Waals surface area contributed by atoms with Gasteiger partial charge in [0.1, 0.15) is 0 Å². The van der Waals surface area contributed by atoms with Gasteiger partial charge in [0.25, 0.3) is 0 Å². The standard InChI is InChI=1S/C18H16Cl2N4OS/c1-10-3-5-12(6-4-10)16-22-18(24-23-16)26-11(2)17(25)21-15-8-13(19)7-14(20)9-15/h3-9,11H,1-2H3,(H,21,25)(H,22,23,24)/t11-/m1/s1. The lowest BCUT2D eigenvalue weighted by Gasteiger charge is -2.10. The van der Waals surface area contributed by atoms with E-state index in [9.17, 15) is 4.79 Å². The topological polar surface area (TPSA) is 70.7 Å². The zero-order valence-electron chi connectivity index (χ0n) is 14.1. The molecule has 1 amide bonds. The van der Waals surface area contributed by atoms with Crippen LogP contribution < -0.4 is 5.32 Å². The molecule has 2 N–H and O–H groups in total. The van der Waals surface area contributed by atoms with E-state index >= 15 is 0 Å². The highest BCUT2D eigenvalue weighted by atomic mass is 35.5. The number of amides is 1. The van der Waals surface area contributed by atoms with Crippen LogP contribution in [0.4, 0.5) is 5.69 Å². The molecule has 1 atom stereocenters. The van der Waals surface area contributed by atoms with Crippen molar-refractivity contribution < 1.29 is 4.79 Å². The molecule has 0 saturated heterocycles. The summed E-state index contributed by atoms with van der Waals surface area (Å²) in [4.78, 5) is 16.8. The number of aromatic nitrogens is 3. The van der Waals surface area contributed by atoms with Gasteiger partial charge in [0.05, 0.1) is 5.25 Å². The van der Waals surface area contributed by atoms with Gasteiger partial charge in [-0.05, 0) is 32.0 Å². The largest absolute Gasteiger partial charge is 0.325 e. The molecule has 0 saturated carbocycles. The third kappa shape index (κ3) is 4.78. The Morgan fingerprint density at radius 2 is 1.81 bits per heavy atom. The molecule has 134 valence electrons. The van der Waals surface area contributed by atoms with Gasteiger partial charge >= 0.3 is 0 Å². The zero-order chi connectivity index (χ0) is 18.7. The number of rotatable bonds is 5. The number of anilines is 1. The van der Waals surface area contributed by atoms with Crippen molar-refractivity contribution >= 4 is 46.6 Å². The highest BCUT2D eigenvalue weighted by Crippen LogP contribution is 2.26. The molecule has 0 aliphatic heterocycles. The van der Waals surface area contributed by atoms with E-state index < -0.39 is 5.25 Å². The molecule has 26 heavy (non-hydrogen) atoms. The molecule has 8 heteroatoms. The second kappa shape index (κ2) is 8.12.